The number of benzene rings is 1. The zero-order valence-corrected chi connectivity index (χ0v) is 14.9. The van der Waals surface area contributed by atoms with Crippen LogP contribution in [-0.4, -0.2) is 36.6 Å². The van der Waals surface area contributed by atoms with Crippen LogP contribution in [0.4, 0.5) is 4.79 Å². The van der Waals surface area contributed by atoms with Crippen LogP contribution >= 0.6 is 0 Å². The van der Waals surface area contributed by atoms with Crippen molar-refractivity contribution in [3.05, 3.63) is 34.9 Å². The number of alkyl carbamates (subject to hydrolysis) is 1. The third-order valence-corrected chi connectivity index (χ3v) is 3.04. The van der Waals surface area contributed by atoms with E-state index in [1.54, 1.807) is 26.8 Å². The fraction of sp³-hybridized carbons (Fsp3) is 0.500. The average Bonchev–Trinajstić information content (AvgIpc) is 2.42. The van der Waals surface area contributed by atoms with Crippen molar-refractivity contribution in [2.24, 2.45) is 0 Å². The lowest BCUT2D eigenvalue weighted by Gasteiger charge is -2.19. The summed E-state index contributed by atoms with van der Waals surface area (Å²) in [5, 5.41) is 2.46. The molecule has 0 aliphatic heterocycles. The molecule has 0 aliphatic carbocycles. The van der Waals surface area contributed by atoms with Crippen molar-refractivity contribution >= 4 is 17.8 Å². The van der Waals surface area contributed by atoms with E-state index in [4.69, 9.17) is 9.47 Å². The van der Waals surface area contributed by atoms with Crippen molar-refractivity contribution in [3.8, 4) is 0 Å². The summed E-state index contributed by atoms with van der Waals surface area (Å²) in [4.78, 5) is 35.1. The maximum absolute atomic E-state index is 12.1. The SMILES string of the molecule is Cc1ccc(C(=O)COC(=O)CCNC(=O)OC(C)(C)C)c(C)c1. The number of esters is 1. The molecule has 0 heterocycles. The number of aryl methyl sites for hydroxylation is 2. The van der Waals surface area contributed by atoms with Crippen LogP contribution < -0.4 is 5.32 Å². The van der Waals surface area contributed by atoms with Crippen LogP contribution in [0.1, 0.15) is 48.7 Å². The molecule has 1 aromatic rings. The van der Waals surface area contributed by atoms with Gasteiger partial charge < -0.3 is 14.8 Å². The summed E-state index contributed by atoms with van der Waals surface area (Å²) in [5.74, 6) is -0.801. The Balaban J connectivity index is 2.33. The Kier molecular flexibility index (Phi) is 6.95. The molecule has 132 valence electrons. The second-order valence-corrected chi connectivity index (χ2v) is 6.58. The molecule has 1 aromatic carbocycles. The summed E-state index contributed by atoms with van der Waals surface area (Å²) in [6.07, 6.45) is -0.624. The normalized spacial score (nSPS) is 10.9. The second kappa shape index (κ2) is 8.47. The highest BCUT2D eigenvalue weighted by molar-refractivity contribution is 5.99. The Labute approximate surface area is 142 Å². The van der Waals surface area contributed by atoms with Gasteiger partial charge in [-0.05, 0) is 40.2 Å². The largest absolute Gasteiger partial charge is 0.457 e. The molecule has 6 heteroatoms. The van der Waals surface area contributed by atoms with Crippen molar-refractivity contribution in [1.82, 2.24) is 5.32 Å². The molecule has 1 rings (SSSR count). The fourth-order valence-corrected chi connectivity index (χ4v) is 2.00. The molecule has 0 unspecified atom stereocenters. The van der Waals surface area contributed by atoms with Crippen molar-refractivity contribution in [2.75, 3.05) is 13.2 Å². The number of hydrogen-bond donors (Lipinski definition) is 1. The lowest BCUT2D eigenvalue weighted by atomic mass is 10.0. The smallest absolute Gasteiger partial charge is 0.407 e. The number of carbonyl (C=O) groups is 3. The van der Waals surface area contributed by atoms with Crippen LogP contribution in [0.5, 0.6) is 0 Å². The molecule has 1 amide bonds. The third kappa shape index (κ3) is 7.26. The standard InChI is InChI=1S/C18H25NO5/c1-12-6-7-14(13(2)10-12)15(20)11-23-16(21)8-9-19-17(22)24-18(3,4)5/h6-7,10H,8-9,11H2,1-5H3,(H,19,22). The highest BCUT2D eigenvalue weighted by Crippen LogP contribution is 2.11. The first kappa shape index (κ1) is 19.7. The van der Waals surface area contributed by atoms with E-state index in [0.717, 1.165) is 11.1 Å². The van der Waals surface area contributed by atoms with Gasteiger partial charge in [0.05, 0.1) is 6.42 Å². The zero-order valence-electron chi connectivity index (χ0n) is 14.9. The minimum atomic E-state index is -0.596. The molecule has 0 aromatic heterocycles. The molecule has 0 spiro atoms. The first-order valence-electron chi connectivity index (χ1n) is 7.81. The van der Waals surface area contributed by atoms with Crippen LogP contribution in [-0.2, 0) is 14.3 Å². The molecule has 0 aliphatic rings. The predicted molar refractivity (Wildman–Crippen MR) is 90.1 cm³/mol. The molecule has 1 N–H and O–H groups in total. The van der Waals surface area contributed by atoms with E-state index >= 15 is 0 Å². The van der Waals surface area contributed by atoms with Gasteiger partial charge in [0, 0.05) is 12.1 Å². The van der Waals surface area contributed by atoms with Crippen LogP contribution in [0, 0.1) is 13.8 Å². The third-order valence-electron chi connectivity index (χ3n) is 3.04. The number of amides is 1. The molecule has 0 saturated heterocycles. The molecule has 0 bridgehead atoms. The summed E-state index contributed by atoms with van der Waals surface area (Å²) in [7, 11) is 0. The Morgan fingerprint density at radius 3 is 2.38 bits per heavy atom. The lowest BCUT2D eigenvalue weighted by molar-refractivity contribution is -0.142. The number of hydrogen-bond acceptors (Lipinski definition) is 5. The Morgan fingerprint density at radius 2 is 1.79 bits per heavy atom. The predicted octanol–water partition coefficient (Wildman–Crippen LogP) is 2.94. The van der Waals surface area contributed by atoms with Crippen molar-refractivity contribution in [2.45, 2.75) is 46.6 Å². The first-order valence-corrected chi connectivity index (χ1v) is 7.81. The monoisotopic (exact) mass is 335 g/mol. The summed E-state index contributed by atoms with van der Waals surface area (Å²) in [6.45, 7) is 8.81. The summed E-state index contributed by atoms with van der Waals surface area (Å²) >= 11 is 0. The van der Waals surface area contributed by atoms with E-state index in [1.807, 2.05) is 26.0 Å². The zero-order chi connectivity index (χ0) is 18.3. The Morgan fingerprint density at radius 1 is 1.12 bits per heavy atom. The van der Waals surface area contributed by atoms with Gasteiger partial charge in [0.15, 0.2) is 6.61 Å². The number of ether oxygens (including phenoxy) is 2. The molecular weight excluding hydrogens is 310 g/mol. The Bertz CT molecular complexity index is 616. The van der Waals surface area contributed by atoms with Gasteiger partial charge in [-0.25, -0.2) is 4.79 Å². The van der Waals surface area contributed by atoms with Crippen LogP contribution in [0.25, 0.3) is 0 Å². The van der Waals surface area contributed by atoms with Gasteiger partial charge in [-0.3, -0.25) is 9.59 Å². The minimum absolute atomic E-state index is 0.0284. The number of rotatable bonds is 6. The number of Topliss-reactive ketones (excluding diaryl/α,β-unsaturated/α-hetero) is 1. The number of ketones is 1. The van der Waals surface area contributed by atoms with Gasteiger partial charge in [0.25, 0.3) is 0 Å². The van der Waals surface area contributed by atoms with E-state index in [1.165, 1.54) is 0 Å². The molecule has 6 nitrogen and oxygen atoms in total. The van der Waals surface area contributed by atoms with E-state index in [2.05, 4.69) is 5.32 Å². The summed E-state index contributed by atoms with van der Waals surface area (Å²) < 4.78 is 9.99. The van der Waals surface area contributed by atoms with Gasteiger partial charge in [0.1, 0.15) is 5.60 Å². The van der Waals surface area contributed by atoms with E-state index in [0.29, 0.717) is 5.56 Å². The fourth-order valence-electron chi connectivity index (χ4n) is 2.00. The van der Waals surface area contributed by atoms with Gasteiger partial charge in [-0.1, -0.05) is 23.8 Å². The highest BCUT2D eigenvalue weighted by atomic mass is 16.6. The van der Waals surface area contributed by atoms with Gasteiger partial charge in [0.2, 0.25) is 5.78 Å². The van der Waals surface area contributed by atoms with Crippen LogP contribution in [0.3, 0.4) is 0 Å². The van der Waals surface area contributed by atoms with Gasteiger partial charge in [-0.15, -0.1) is 0 Å². The Hall–Kier alpha value is -2.37. The maximum Gasteiger partial charge on any atom is 0.407 e. The quantitative estimate of drug-likeness (QED) is 0.638. The lowest BCUT2D eigenvalue weighted by Crippen LogP contribution is -2.33. The molecular formula is C18H25NO5. The number of carbonyl (C=O) groups excluding carboxylic acids is 3. The average molecular weight is 335 g/mol. The van der Waals surface area contributed by atoms with E-state index in [-0.39, 0.29) is 25.4 Å². The van der Waals surface area contributed by atoms with E-state index in [9.17, 15) is 14.4 Å². The minimum Gasteiger partial charge on any atom is -0.457 e. The first-order chi connectivity index (χ1) is 11.1. The van der Waals surface area contributed by atoms with Gasteiger partial charge >= 0.3 is 12.1 Å². The topological polar surface area (TPSA) is 81.7 Å². The van der Waals surface area contributed by atoms with Crippen molar-refractivity contribution < 1.29 is 23.9 Å². The maximum atomic E-state index is 12.1. The summed E-state index contributed by atoms with van der Waals surface area (Å²) in [6, 6.07) is 5.47. The molecule has 0 radical (unpaired) electrons. The summed E-state index contributed by atoms with van der Waals surface area (Å²) in [5.41, 5.74) is 1.86. The second-order valence-electron chi connectivity index (χ2n) is 6.58. The van der Waals surface area contributed by atoms with Gasteiger partial charge in [-0.2, -0.15) is 0 Å². The van der Waals surface area contributed by atoms with E-state index < -0.39 is 17.7 Å². The molecule has 0 fully saturated rings. The highest BCUT2D eigenvalue weighted by Gasteiger charge is 2.16. The molecule has 24 heavy (non-hydrogen) atoms. The van der Waals surface area contributed by atoms with Crippen molar-refractivity contribution in [3.63, 3.8) is 0 Å². The molecule has 0 atom stereocenters. The number of nitrogens with one attached hydrogen (secondary N) is 1. The van der Waals surface area contributed by atoms with Crippen molar-refractivity contribution in [1.29, 1.82) is 0 Å². The van der Waals surface area contributed by atoms with Crippen LogP contribution in [0.15, 0.2) is 18.2 Å². The molecule has 0 saturated carbocycles. The van der Waals surface area contributed by atoms with Crippen LogP contribution in [0.2, 0.25) is 0 Å².